The van der Waals surface area contributed by atoms with Gasteiger partial charge >= 0.3 is 12.0 Å². The molecule has 1 aliphatic heterocycles. The topological polar surface area (TPSA) is 108 Å². The molecule has 2 N–H and O–H groups in total. The predicted octanol–water partition coefficient (Wildman–Crippen LogP) is 5.61. The Labute approximate surface area is 255 Å². The summed E-state index contributed by atoms with van der Waals surface area (Å²) >= 11 is 0. The summed E-state index contributed by atoms with van der Waals surface area (Å²) in [6.07, 6.45) is 5.44. The standard InChI is InChI=1S/C34H46N4O5/c1-33(2,3)29(39)22-38-28-18-11-10-17-27(28)37(25-15-8-7-9-16-25)21-26(30(38)40)36-32(42)35-20-23-13-12-14-24(19-23)31(41)43-34(4,5)6/h10-14,17-19,25-26H,7-9,15-16,20-22H2,1-6H3,(H2,35,36,42). The summed E-state index contributed by atoms with van der Waals surface area (Å²) in [5.74, 6) is -0.810. The molecule has 4 rings (SSSR count). The van der Waals surface area contributed by atoms with Crippen LogP contribution in [-0.4, -0.2) is 54.5 Å². The largest absolute Gasteiger partial charge is 0.456 e. The molecule has 1 saturated carbocycles. The summed E-state index contributed by atoms with van der Waals surface area (Å²) in [6, 6.07) is 13.5. The molecule has 2 aromatic rings. The zero-order valence-electron chi connectivity index (χ0n) is 26.4. The van der Waals surface area contributed by atoms with Gasteiger partial charge in [-0.05, 0) is 63.4 Å². The highest BCUT2D eigenvalue weighted by molar-refractivity contribution is 6.07. The van der Waals surface area contributed by atoms with Gasteiger partial charge in [0.25, 0.3) is 5.91 Å². The van der Waals surface area contributed by atoms with Crippen LogP contribution in [0, 0.1) is 5.41 Å². The molecular formula is C34H46N4O5. The summed E-state index contributed by atoms with van der Waals surface area (Å²) in [6.45, 7) is 11.4. The number of ketones is 1. The van der Waals surface area contributed by atoms with Crippen molar-refractivity contribution in [2.45, 2.75) is 97.9 Å². The average molecular weight is 591 g/mol. The zero-order chi connectivity index (χ0) is 31.4. The van der Waals surface area contributed by atoms with Crippen molar-refractivity contribution in [2.75, 3.05) is 22.9 Å². The maximum absolute atomic E-state index is 14.1. The van der Waals surface area contributed by atoms with Gasteiger partial charge in [-0.25, -0.2) is 9.59 Å². The fraction of sp³-hybridized carbons (Fsp3) is 0.529. The second kappa shape index (κ2) is 13.2. The van der Waals surface area contributed by atoms with Gasteiger partial charge in [0.2, 0.25) is 0 Å². The summed E-state index contributed by atoms with van der Waals surface area (Å²) in [7, 11) is 0. The number of nitrogens with one attached hydrogen (secondary N) is 2. The molecule has 0 saturated heterocycles. The number of ether oxygens (including phenoxy) is 1. The van der Waals surface area contributed by atoms with Crippen molar-refractivity contribution < 1.29 is 23.9 Å². The first-order valence-corrected chi connectivity index (χ1v) is 15.3. The SMILES string of the molecule is CC(C)(C)OC(=O)c1cccc(CNC(=O)NC2CN(C3CCCCC3)c3ccccc3N(CC(=O)C(C)(C)C)C2=O)c1. The summed E-state index contributed by atoms with van der Waals surface area (Å²) in [5, 5.41) is 5.75. The fourth-order valence-corrected chi connectivity index (χ4v) is 5.54. The quantitative estimate of drug-likeness (QED) is 0.406. The van der Waals surface area contributed by atoms with Gasteiger partial charge in [0.05, 0.1) is 23.5 Å². The first-order chi connectivity index (χ1) is 20.2. The first-order valence-electron chi connectivity index (χ1n) is 15.3. The van der Waals surface area contributed by atoms with Crippen LogP contribution in [0.15, 0.2) is 48.5 Å². The molecule has 232 valence electrons. The molecule has 2 aliphatic rings. The lowest BCUT2D eigenvalue weighted by Gasteiger charge is -2.37. The van der Waals surface area contributed by atoms with Gasteiger partial charge < -0.3 is 25.2 Å². The van der Waals surface area contributed by atoms with Crippen LogP contribution in [0.5, 0.6) is 0 Å². The number of hydrogen-bond acceptors (Lipinski definition) is 6. The lowest BCUT2D eigenvalue weighted by molar-refractivity contribution is -0.127. The third-order valence-corrected chi connectivity index (χ3v) is 7.90. The molecule has 0 radical (unpaired) electrons. The Morgan fingerprint density at radius 2 is 1.58 bits per heavy atom. The molecule has 2 aromatic carbocycles. The third-order valence-electron chi connectivity index (χ3n) is 7.90. The Kier molecular flexibility index (Phi) is 9.82. The summed E-state index contributed by atoms with van der Waals surface area (Å²) in [4.78, 5) is 56.8. The third kappa shape index (κ3) is 8.36. The van der Waals surface area contributed by atoms with E-state index in [0.717, 1.165) is 36.9 Å². The Balaban J connectivity index is 1.54. The van der Waals surface area contributed by atoms with Gasteiger partial charge in [-0.15, -0.1) is 0 Å². The molecular weight excluding hydrogens is 544 g/mol. The number of Topliss-reactive ketones (excluding diaryl/α,β-unsaturated/α-hetero) is 1. The maximum atomic E-state index is 14.1. The van der Waals surface area contributed by atoms with Gasteiger partial charge in [0.15, 0.2) is 5.78 Å². The first kappa shape index (κ1) is 32.0. The van der Waals surface area contributed by atoms with Crippen molar-refractivity contribution in [3.8, 4) is 0 Å². The fourth-order valence-electron chi connectivity index (χ4n) is 5.54. The van der Waals surface area contributed by atoms with E-state index in [2.05, 4.69) is 15.5 Å². The van der Waals surface area contributed by atoms with Crippen molar-refractivity contribution in [2.24, 2.45) is 5.41 Å². The zero-order valence-corrected chi connectivity index (χ0v) is 26.4. The average Bonchev–Trinajstić information content (AvgIpc) is 3.06. The second-order valence-corrected chi connectivity index (χ2v) is 13.6. The Morgan fingerprint density at radius 1 is 0.907 bits per heavy atom. The monoisotopic (exact) mass is 590 g/mol. The number of anilines is 2. The highest BCUT2D eigenvalue weighted by atomic mass is 16.6. The Hall–Kier alpha value is -3.88. The minimum Gasteiger partial charge on any atom is -0.456 e. The smallest absolute Gasteiger partial charge is 0.338 e. The van der Waals surface area contributed by atoms with E-state index in [1.807, 2.05) is 71.9 Å². The van der Waals surface area contributed by atoms with E-state index in [-0.39, 0.29) is 30.8 Å². The molecule has 1 aliphatic carbocycles. The number of amides is 3. The minimum absolute atomic E-state index is 0.0603. The van der Waals surface area contributed by atoms with Crippen molar-refractivity contribution in [1.82, 2.24) is 10.6 Å². The van der Waals surface area contributed by atoms with E-state index >= 15 is 0 Å². The van der Waals surface area contributed by atoms with Gasteiger partial charge in [-0.1, -0.05) is 64.3 Å². The van der Waals surface area contributed by atoms with Crippen LogP contribution in [-0.2, 0) is 20.9 Å². The number of esters is 1. The number of carbonyl (C=O) groups excluding carboxylic acids is 4. The van der Waals surface area contributed by atoms with Gasteiger partial charge in [-0.2, -0.15) is 0 Å². The van der Waals surface area contributed by atoms with E-state index in [1.165, 1.54) is 6.42 Å². The number of benzene rings is 2. The lowest BCUT2D eigenvalue weighted by Crippen LogP contribution is -2.56. The Bertz CT molecular complexity index is 1340. The van der Waals surface area contributed by atoms with Crippen molar-refractivity contribution in [3.05, 3.63) is 59.7 Å². The number of rotatable bonds is 7. The highest BCUT2D eigenvalue weighted by Gasteiger charge is 2.39. The second-order valence-electron chi connectivity index (χ2n) is 13.6. The van der Waals surface area contributed by atoms with Gasteiger partial charge in [0.1, 0.15) is 11.6 Å². The number of nitrogens with zero attached hydrogens (tertiary/aromatic N) is 2. The lowest BCUT2D eigenvalue weighted by atomic mass is 9.90. The molecule has 0 aromatic heterocycles. The molecule has 1 unspecified atom stereocenters. The maximum Gasteiger partial charge on any atom is 0.338 e. The van der Waals surface area contributed by atoms with Gasteiger partial charge in [-0.3, -0.25) is 9.59 Å². The van der Waals surface area contributed by atoms with Crippen LogP contribution >= 0.6 is 0 Å². The normalized spacial score (nSPS) is 18.0. The molecule has 43 heavy (non-hydrogen) atoms. The number of urea groups is 1. The predicted molar refractivity (Wildman–Crippen MR) is 168 cm³/mol. The molecule has 0 spiro atoms. The van der Waals surface area contributed by atoms with Crippen LogP contribution < -0.4 is 20.4 Å². The van der Waals surface area contributed by atoms with Crippen LogP contribution in [0.25, 0.3) is 0 Å². The van der Waals surface area contributed by atoms with E-state index in [4.69, 9.17) is 4.74 Å². The van der Waals surface area contributed by atoms with Gasteiger partial charge in [0, 0.05) is 24.5 Å². The van der Waals surface area contributed by atoms with Crippen LogP contribution in [0.3, 0.4) is 0 Å². The molecule has 3 amide bonds. The molecule has 0 bridgehead atoms. The van der Waals surface area contributed by atoms with Crippen LogP contribution in [0.1, 0.15) is 89.6 Å². The summed E-state index contributed by atoms with van der Waals surface area (Å²) in [5.41, 5.74) is 1.48. The number of para-hydroxylation sites is 2. The Morgan fingerprint density at radius 3 is 2.23 bits per heavy atom. The van der Waals surface area contributed by atoms with Crippen molar-refractivity contribution >= 4 is 35.1 Å². The van der Waals surface area contributed by atoms with Crippen LogP contribution in [0.2, 0.25) is 0 Å². The van der Waals surface area contributed by atoms with E-state index in [0.29, 0.717) is 17.8 Å². The molecule has 1 heterocycles. The minimum atomic E-state index is -0.866. The molecule has 1 fully saturated rings. The highest BCUT2D eigenvalue weighted by Crippen LogP contribution is 2.37. The van der Waals surface area contributed by atoms with E-state index in [9.17, 15) is 19.2 Å². The molecule has 1 atom stereocenters. The van der Waals surface area contributed by atoms with Crippen molar-refractivity contribution in [1.29, 1.82) is 0 Å². The van der Waals surface area contributed by atoms with E-state index < -0.39 is 29.1 Å². The summed E-state index contributed by atoms with van der Waals surface area (Å²) < 4.78 is 5.46. The number of hydrogen-bond donors (Lipinski definition) is 2. The molecule has 9 nitrogen and oxygen atoms in total. The molecule has 9 heteroatoms. The van der Waals surface area contributed by atoms with Crippen LogP contribution in [0.4, 0.5) is 16.2 Å². The van der Waals surface area contributed by atoms with Crippen molar-refractivity contribution in [3.63, 3.8) is 0 Å². The number of fused-ring (bicyclic) bond motifs is 1. The number of carbonyl (C=O) groups is 4. The van der Waals surface area contributed by atoms with E-state index in [1.54, 1.807) is 23.1 Å².